The number of Topliss-reactive ketones (excluding diaryl/α,β-unsaturated/α-hetero) is 1. The van der Waals surface area contributed by atoms with Gasteiger partial charge in [0.2, 0.25) is 11.7 Å². The number of hydrogen-bond acceptors (Lipinski definition) is 11. The predicted octanol–water partition coefficient (Wildman–Crippen LogP) is 5.81. The zero-order valence-corrected chi connectivity index (χ0v) is 32.6. The lowest BCUT2D eigenvalue weighted by Gasteiger charge is -2.44. The van der Waals surface area contributed by atoms with E-state index in [1.54, 1.807) is 17.3 Å². The molecule has 2 aromatic heterocycles. The summed E-state index contributed by atoms with van der Waals surface area (Å²) in [5.74, 6) is 6.43. The SMILES string of the molecule is C[C@H](Oc1cc(N2C[C@@H](C)N(C(=O)OC(C)(C)C)[C@@H](C)C2)nc(C(=O)C#C[C@@]2(C)CCCc3sc(/N=C/N(C)C)c(C#N)c32)n1)[C@@H]1CCCN1C. The van der Waals surface area contributed by atoms with Crippen molar-refractivity contribution in [2.45, 2.75) is 116 Å². The van der Waals surface area contributed by atoms with Crippen LogP contribution in [0.5, 0.6) is 5.88 Å². The number of aliphatic imine (C=N–C) groups is 1. The summed E-state index contributed by atoms with van der Waals surface area (Å²) in [5, 5.41) is 10.8. The van der Waals surface area contributed by atoms with Crippen LogP contribution < -0.4 is 9.64 Å². The van der Waals surface area contributed by atoms with Crippen molar-refractivity contribution < 1.29 is 19.1 Å². The number of amides is 1. The molecule has 2 aliphatic heterocycles. The van der Waals surface area contributed by atoms with Gasteiger partial charge in [-0.15, -0.1) is 11.3 Å². The smallest absolute Gasteiger partial charge is 0.410 e. The van der Waals surface area contributed by atoms with Gasteiger partial charge in [-0.2, -0.15) is 10.2 Å². The molecule has 274 valence electrons. The summed E-state index contributed by atoms with van der Waals surface area (Å²) in [4.78, 5) is 50.0. The van der Waals surface area contributed by atoms with Crippen LogP contribution in [0, 0.1) is 23.2 Å². The average molecular weight is 717 g/mol. The van der Waals surface area contributed by atoms with E-state index in [-0.39, 0.29) is 36.1 Å². The molecule has 0 spiro atoms. The first kappa shape index (κ1) is 38.0. The molecule has 0 aromatic carbocycles. The van der Waals surface area contributed by atoms with Gasteiger partial charge in [-0.1, -0.05) is 5.92 Å². The second kappa shape index (κ2) is 15.2. The third-order valence-corrected chi connectivity index (χ3v) is 10.9. The zero-order chi connectivity index (χ0) is 37.2. The minimum atomic E-state index is -0.710. The van der Waals surface area contributed by atoms with Gasteiger partial charge in [0.25, 0.3) is 5.78 Å². The Bertz CT molecular complexity index is 1750. The van der Waals surface area contributed by atoms with Crippen LogP contribution in [0.15, 0.2) is 11.1 Å². The number of ether oxygens (including phenoxy) is 2. The maximum atomic E-state index is 13.9. The summed E-state index contributed by atoms with van der Waals surface area (Å²) in [6.07, 6.45) is 5.74. The highest BCUT2D eigenvalue weighted by Crippen LogP contribution is 2.47. The van der Waals surface area contributed by atoms with E-state index in [1.165, 1.54) is 11.3 Å². The second-order valence-corrected chi connectivity index (χ2v) is 16.6. The molecule has 2 fully saturated rings. The Kier molecular flexibility index (Phi) is 11.3. The van der Waals surface area contributed by atoms with Crippen LogP contribution in [0.2, 0.25) is 0 Å². The molecule has 5 rings (SSSR count). The first-order valence-electron chi connectivity index (χ1n) is 17.9. The van der Waals surface area contributed by atoms with Gasteiger partial charge >= 0.3 is 6.09 Å². The molecule has 1 aliphatic carbocycles. The number of nitriles is 1. The van der Waals surface area contributed by atoms with E-state index in [2.05, 4.69) is 44.7 Å². The Labute approximate surface area is 306 Å². The monoisotopic (exact) mass is 716 g/mol. The normalized spacial score (nSPS) is 24.4. The predicted molar refractivity (Wildman–Crippen MR) is 200 cm³/mol. The number of fused-ring (bicyclic) bond motifs is 1. The number of nitrogens with zero attached hydrogens (tertiary/aromatic N) is 8. The van der Waals surface area contributed by atoms with E-state index >= 15 is 0 Å². The average Bonchev–Trinajstić information content (AvgIpc) is 3.65. The van der Waals surface area contributed by atoms with Crippen LogP contribution in [0.3, 0.4) is 0 Å². The molecule has 2 aromatic rings. The number of hydrogen-bond donors (Lipinski definition) is 0. The van der Waals surface area contributed by atoms with Crippen LogP contribution in [0.25, 0.3) is 0 Å². The van der Waals surface area contributed by atoms with Gasteiger partial charge in [0.1, 0.15) is 28.6 Å². The molecule has 5 atom stereocenters. The summed E-state index contributed by atoms with van der Waals surface area (Å²) in [7, 11) is 5.87. The van der Waals surface area contributed by atoms with Crippen LogP contribution in [-0.2, 0) is 16.6 Å². The molecule has 2 saturated heterocycles. The molecule has 0 bridgehead atoms. The highest BCUT2D eigenvalue weighted by molar-refractivity contribution is 7.16. The second-order valence-electron chi connectivity index (χ2n) is 15.6. The van der Waals surface area contributed by atoms with Crippen molar-refractivity contribution in [2.24, 2.45) is 4.99 Å². The van der Waals surface area contributed by atoms with Crippen LogP contribution >= 0.6 is 11.3 Å². The van der Waals surface area contributed by atoms with Gasteiger partial charge < -0.3 is 19.3 Å². The molecular weight excluding hydrogens is 665 g/mol. The summed E-state index contributed by atoms with van der Waals surface area (Å²) in [6, 6.07) is 4.02. The minimum absolute atomic E-state index is 0.0430. The largest absolute Gasteiger partial charge is 0.473 e. The van der Waals surface area contributed by atoms with Gasteiger partial charge in [-0.05, 0) is 100 Å². The number of thiophene rings is 1. The summed E-state index contributed by atoms with van der Waals surface area (Å²) >= 11 is 1.52. The van der Waals surface area contributed by atoms with E-state index in [0.717, 1.165) is 42.7 Å². The van der Waals surface area contributed by atoms with Gasteiger partial charge in [0.15, 0.2) is 0 Å². The Morgan fingerprint density at radius 1 is 1.20 bits per heavy atom. The highest BCUT2D eigenvalue weighted by atomic mass is 32.1. The lowest BCUT2D eigenvalue weighted by atomic mass is 9.73. The lowest BCUT2D eigenvalue weighted by molar-refractivity contribution is 0.00557. The molecule has 3 aliphatic rings. The topological polar surface area (TPSA) is 127 Å². The number of rotatable bonds is 7. The zero-order valence-electron chi connectivity index (χ0n) is 31.7. The Balaban J connectivity index is 1.47. The quantitative estimate of drug-likeness (QED) is 0.114. The molecule has 4 heterocycles. The van der Waals surface area contributed by atoms with Crippen molar-refractivity contribution >= 4 is 40.4 Å². The van der Waals surface area contributed by atoms with Gasteiger partial charge in [0, 0.05) is 49.7 Å². The van der Waals surface area contributed by atoms with Crippen molar-refractivity contribution in [3.63, 3.8) is 0 Å². The van der Waals surface area contributed by atoms with E-state index in [0.29, 0.717) is 41.8 Å². The van der Waals surface area contributed by atoms with Crippen molar-refractivity contribution in [3.8, 4) is 23.8 Å². The molecular formula is C38H52N8O4S. The molecule has 0 unspecified atom stereocenters. The van der Waals surface area contributed by atoms with Gasteiger partial charge in [0.05, 0.1) is 29.4 Å². The summed E-state index contributed by atoms with van der Waals surface area (Å²) in [5.41, 5.74) is 0.0699. The van der Waals surface area contributed by atoms with Crippen LogP contribution in [-0.4, -0.2) is 113 Å². The van der Waals surface area contributed by atoms with Gasteiger partial charge in [-0.25, -0.2) is 14.8 Å². The molecule has 0 N–H and O–H groups in total. The maximum Gasteiger partial charge on any atom is 0.410 e. The standard InChI is InChI=1S/C38H52N8O4S/c1-24-21-45(22-25(2)46(24)36(48)50-37(4,5)6)31-19-32(49-26(3)28-13-12-18-44(28)10)42-34(41-31)29(47)15-17-38(7)16-11-14-30-33(38)27(20-39)35(51-30)40-23-43(8)9/h19,23-26,28H,11-14,16,18,21-22H2,1-10H3/b40-23+/t24-,25+,26-,28-,38+/m0/s1. The number of carbonyl (C=O) groups excluding carboxylic acids is 2. The number of likely N-dealkylation sites (tertiary alicyclic amines) is 1. The van der Waals surface area contributed by atoms with Crippen LogP contribution in [0.1, 0.15) is 101 Å². The van der Waals surface area contributed by atoms with E-state index < -0.39 is 16.8 Å². The first-order chi connectivity index (χ1) is 24.0. The van der Waals surface area contributed by atoms with E-state index in [4.69, 9.17) is 14.5 Å². The number of ketones is 1. The van der Waals surface area contributed by atoms with E-state index in [1.807, 2.05) is 67.5 Å². The molecule has 12 nitrogen and oxygen atoms in total. The minimum Gasteiger partial charge on any atom is -0.473 e. The molecule has 0 radical (unpaired) electrons. The van der Waals surface area contributed by atoms with Crippen molar-refractivity contribution in [2.75, 3.05) is 45.7 Å². The van der Waals surface area contributed by atoms with Crippen molar-refractivity contribution in [3.05, 3.63) is 27.9 Å². The number of carbonyl (C=O) groups is 2. The fourth-order valence-electron chi connectivity index (χ4n) is 7.41. The summed E-state index contributed by atoms with van der Waals surface area (Å²) < 4.78 is 12.1. The third-order valence-electron chi connectivity index (χ3n) is 9.73. The Hall–Kier alpha value is -4.20. The molecule has 13 heteroatoms. The number of likely N-dealkylation sites (N-methyl/N-ethyl adjacent to an activating group) is 1. The van der Waals surface area contributed by atoms with Crippen LogP contribution in [0.4, 0.5) is 15.6 Å². The fourth-order valence-corrected chi connectivity index (χ4v) is 8.67. The Morgan fingerprint density at radius 2 is 1.90 bits per heavy atom. The fraction of sp³-hybridized carbons (Fsp3) is 0.632. The molecule has 51 heavy (non-hydrogen) atoms. The number of aromatic nitrogens is 2. The lowest BCUT2D eigenvalue weighted by Crippen LogP contribution is -2.59. The Morgan fingerprint density at radius 3 is 2.51 bits per heavy atom. The van der Waals surface area contributed by atoms with Crippen molar-refractivity contribution in [1.29, 1.82) is 5.26 Å². The number of anilines is 1. The molecule has 0 saturated carbocycles. The van der Waals surface area contributed by atoms with Crippen molar-refractivity contribution in [1.82, 2.24) is 24.7 Å². The van der Waals surface area contributed by atoms with Gasteiger partial charge in [-0.3, -0.25) is 14.6 Å². The highest BCUT2D eigenvalue weighted by Gasteiger charge is 2.38. The number of piperazine rings is 1. The maximum absolute atomic E-state index is 13.9. The summed E-state index contributed by atoms with van der Waals surface area (Å²) in [6.45, 7) is 15.5. The van der Waals surface area contributed by atoms with E-state index in [9.17, 15) is 14.9 Å². The third kappa shape index (κ3) is 8.65. The number of aryl methyl sites for hydroxylation is 1. The molecule has 1 amide bonds. The first-order valence-corrected chi connectivity index (χ1v) is 18.7.